The topological polar surface area (TPSA) is 91.4 Å². The molecule has 0 aromatic rings. The molecule has 0 bridgehead atoms. The van der Waals surface area contributed by atoms with Crippen LogP contribution in [-0.2, 0) is 28.5 Å². The monoisotopic (exact) mass is 327 g/mol. The summed E-state index contributed by atoms with van der Waals surface area (Å²) in [7, 11) is 0. The van der Waals surface area contributed by atoms with Crippen LogP contribution in [0.15, 0.2) is 0 Å². The Morgan fingerprint density at radius 1 is 1.35 bits per heavy atom. The fraction of sp³-hybridized carbons (Fsp3) is 0.800. The molecule has 3 rings (SSSR count). The molecule has 0 saturated carbocycles. The number of carbonyl (C=O) groups is 3. The van der Waals surface area contributed by atoms with Crippen LogP contribution in [-0.4, -0.2) is 59.6 Å². The van der Waals surface area contributed by atoms with Gasteiger partial charge in [-0.3, -0.25) is 9.59 Å². The zero-order chi connectivity index (χ0) is 16.9. The van der Waals surface area contributed by atoms with Crippen molar-refractivity contribution in [2.45, 2.75) is 64.4 Å². The van der Waals surface area contributed by atoms with Gasteiger partial charge in [0.1, 0.15) is 18.0 Å². The molecule has 5 atom stereocenters. The lowest BCUT2D eigenvalue weighted by atomic mass is 10.0. The molecule has 3 saturated heterocycles. The second kappa shape index (κ2) is 5.54. The van der Waals surface area contributed by atoms with Crippen LogP contribution in [0.4, 0.5) is 4.79 Å². The molecule has 0 radical (unpaired) electrons. The number of ether oxygens (including phenoxy) is 4. The average molecular weight is 327 g/mol. The van der Waals surface area contributed by atoms with Crippen molar-refractivity contribution >= 4 is 17.8 Å². The third kappa shape index (κ3) is 2.64. The van der Waals surface area contributed by atoms with Gasteiger partial charge in [-0.05, 0) is 20.8 Å². The van der Waals surface area contributed by atoms with Crippen molar-refractivity contribution in [3.05, 3.63) is 0 Å². The minimum absolute atomic E-state index is 0.223. The maximum atomic E-state index is 12.5. The first-order chi connectivity index (χ1) is 10.7. The van der Waals surface area contributed by atoms with Crippen molar-refractivity contribution in [2.75, 3.05) is 6.61 Å². The van der Waals surface area contributed by atoms with Crippen LogP contribution in [0.3, 0.4) is 0 Å². The lowest BCUT2D eigenvalue weighted by Crippen LogP contribution is -2.50. The van der Waals surface area contributed by atoms with Gasteiger partial charge in [0.15, 0.2) is 18.1 Å². The van der Waals surface area contributed by atoms with Gasteiger partial charge in [0, 0.05) is 6.42 Å². The van der Waals surface area contributed by atoms with Gasteiger partial charge in [0.25, 0.3) is 0 Å². The molecule has 3 fully saturated rings. The van der Waals surface area contributed by atoms with Crippen LogP contribution in [0, 0.1) is 5.92 Å². The summed E-state index contributed by atoms with van der Waals surface area (Å²) >= 11 is 0. The van der Waals surface area contributed by atoms with E-state index in [1.54, 1.807) is 20.8 Å². The Bertz CT molecular complexity index is 546. The number of hydrogen-bond donors (Lipinski definition) is 0. The first-order valence-corrected chi connectivity index (χ1v) is 7.79. The highest BCUT2D eigenvalue weighted by Gasteiger charge is 2.61. The number of carbonyl (C=O) groups excluding carboxylic acids is 3. The normalized spacial score (nSPS) is 36.2. The number of rotatable bonds is 3. The zero-order valence-electron chi connectivity index (χ0n) is 13.6. The third-order valence-corrected chi connectivity index (χ3v) is 4.43. The summed E-state index contributed by atoms with van der Waals surface area (Å²) in [5.41, 5.74) is 0. The van der Waals surface area contributed by atoms with Gasteiger partial charge in [-0.1, -0.05) is 6.92 Å². The van der Waals surface area contributed by atoms with E-state index in [1.165, 1.54) is 6.92 Å². The molecule has 5 unspecified atom stereocenters. The summed E-state index contributed by atoms with van der Waals surface area (Å²) in [6.07, 6.45) is -3.08. The van der Waals surface area contributed by atoms with E-state index >= 15 is 0 Å². The predicted molar refractivity (Wildman–Crippen MR) is 75.1 cm³/mol. The third-order valence-electron chi connectivity index (χ3n) is 4.43. The molecule has 128 valence electrons. The van der Waals surface area contributed by atoms with Crippen molar-refractivity contribution in [3.63, 3.8) is 0 Å². The number of imide groups is 1. The van der Waals surface area contributed by atoms with Gasteiger partial charge in [0.2, 0.25) is 5.91 Å². The summed E-state index contributed by atoms with van der Waals surface area (Å²) < 4.78 is 22.4. The largest absolute Gasteiger partial charge is 0.438 e. The first-order valence-electron chi connectivity index (χ1n) is 7.79. The molecule has 2 amide bonds. The van der Waals surface area contributed by atoms with Crippen LogP contribution in [0.2, 0.25) is 0 Å². The van der Waals surface area contributed by atoms with Gasteiger partial charge < -0.3 is 18.9 Å². The van der Waals surface area contributed by atoms with Crippen LogP contribution < -0.4 is 0 Å². The van der Waals surface area contributed by atoms with E-state index in [0.29, 0.717) is 0 Å². The van der Waals surface area contributed by atoms with Crippen molar-refractivity contribution in [1.29, 1.82) is 0 Å². The Labute approximate surface area is 134 Å². The molecule has 3 heterocycles. The Kier molecular flexibility index (Phi) is 3.94. The molecule has 3 aliphatic rings. The molecule has 0 aromatic carbocycles. The fourth-order valence-electron chi connectivity index (χ4n) is 3.11. The van der Waals surface area contributed by atoms with Gasteiger partial charge in [0.05, 0.1) is 12.5 Å². The Balaban J connectivity index is 1.79. The van der Waals surface area contributed by atoms with E-state index in [4.69, 9.17) is 18.9 Å². The van der Waals surface area contributed by atoms with Crippen LogP contribution in [0.1, 0.15) is 34.1 Å². The molecule has 0 aromatic heterocycles. The lowest BCUT2D eigenvalue weighted by Gasteiger charge is -2.37. The average Bonchev–Trinajstić information content (AvgIpc) is 2.99. The van der Waals surface area contributed by atoms with Crippen LogP contribution in [0.5, 0.6) is 0 Å². The standard InChI is InChI=1S/C15H21NO7/c1-5-8(17)7(2)12(18)16-13-11(22-14(16)19)10-9(21-13)6-20-15(3,4)23-10/h7,9-11,13H,5-6H2,1-4H3. The zero-order valence-corrected chi connectivity index (χ0v) is 13.6. The maximum absolute atomic E-state index is 12.5. The number of amides is 2. The second-order valence-corrected chi connectivity index (χ2v) is 6.46. The van der Waals surface area contributed by atoms with Crippen LogP contribution in [0.25, 0.3) is 0 Å². The Hall–Kier alpha value is -1.51. The van der Waals surface area contributed by atoms with Crippen LogP contribution >= 0.6 is 0 Å². The SMILES string of the molecule is CCC(=O)C(C)C(=O)N1C(=O)OC2C3OC(C)(C)OCC3OC21. The number of ketones is 1. The van der Waals surface area contributed by atoms with Gasteiger partial charge in [-0.2, -0.15) is 0 Å². The van der Waals surface area contributed by atoms with Crippen molar-refractivity contribution in [3.8, 4) is 0 Å². The van der Waals surface area contributed by atoms with E-state index in [2.05, 4.69) is 0 Å². The van der Waals surface area contributed by atoms with Crippen molar-refractivity contribution in [2.24, 2.45) is 5.92 Å². The smallest absolute Gasteiger partial charge is 0.419 e. The molecule has 0 N–H and O–H groups in total. The number of hydrogen-bond acceptors (Lipinski definition) is 7. The highest BCUT2D eigenvalue weighted by molar-refractivity contribution is 6.06. The molecule has 0 spiro atoms. The molecule has 3 aliphatic heterocycles. The first kappa shape index (κ1) is 16.4. The molecule has 23 heavy (non-hydrogen) atoms. The van der Waals surface area contributed by atoms with Gasteiger partial charge in [-0.15, -0.1) is 0 Å². The van der Waals surface area contributed by atoms with Gasteiger partial charge >= 0.3 is 6.09 Å². The molecular weight excluding hydrogens is 306 g/mol. The molecule has 8 nitrogen and oxygen atoms in total. The van der Waals surface area contributed by atoms with Crippen molar-refractivity contribution < 1.29 is 33.3 Å². The minimum Gasteiger partial charge on any atom is -0.438 e. The minimum atomic E-state index is -0.911. The fourth-order valence-corrected chi connectivity index (χ4v) is 3.11. The second-order valence-electron chi connectivity index (χ2n) is 6.46. The number of Topliss-reactive ketones (excluding diaryl/α,β-unsaturated/α-hetero) is 1. The van der Waals surface area contributed by atoms with E-state index in [9.17, 15) is 14.4 Å². The van der Waals surface area contributed by atoms with E-state index in [0.717, 1.165) is 4.90 Å². The quantitative estimate of drug-likeness (QED) is 0.709. The summed E-state index contributed by atoms with van der Waals surface area (Å²) in [6.45, 7) is 6.97. The molecule has 0 aliphatic carbocycles. The Morgan fingerprint density at radius 3 is 2.70 bits per heavy atom. The lowest BCUT2D eigenvalue weighted by molar-refractivity contribution is -0.301. The highest BCUT2D eigenvalue weighted by atomic mass is 16.8. The number of nitrogens with zero attached hydrogens (tertiary/aromatic N) is 1. The highest BCUT2D eigenvalue weighted by Crippen LogP contribution is 2.39. The van der Waals surface area contributed by atoms with Gasteiger partial charge in [-0.25, -0.2) is 9.69 Å². The summed E-state index contributed by atoms with van der Waals surface area (Å²) in [5.74, 6) is -2.56. The summed E-state index contributed by atoms with van der Waals surface area (Å²) in [4.78, 5) is 37.2. The van der Waals surface area contributed by atoms with E-state index in [1.807, 2.05) is 0 Å². The Morgan fingerprint density at radius 2 is 2.04 bits per heavy atom. The van der Waals surface area contributed by atoms with E-state index in [-0.39, 0.29) is 18.8 Å². The van der Waals surface area contributed by atoms with E-state index < -0.39 is 48.2 Å². The summed E-state index contributed by atoms with van der Waals surface area (Å²) in [5, 5.41) is 0. The molecule has 8 heteroatoms. The predicted octanol–water partition coefficient (Wildman–Crippen LogP) is 0.825. The van der Waals surface area contributed by atoms with Crippen molar-refractivity contribution in [1.82, 2.24) is 4.90 Å². The maximum Gasteiger partial charge on any atom is 0.419 e. The number of fused-ring (bicyclic) bond motifs is 3. The summed E-state index contributed by atoms with van der Waals surface area (Å²) in [6, 6.07) is 0. The molecular formula is C15H21NO7.